The molecule has 0 heterocycles. The maximum Gasteiger partial charge on any atom is 0.310 e. The van der Waals surface area contributed by atoms with E-state index in [0.29, 0.717) is 12.0 Å². The number of esters is 1. The van der Waals surface area contributed by atoms with Crippen LogP contribution in [0.5, 0.6) is 5.75 Å². The van der Waals surface area contributed by atoms with Crippen molar-refractivity contribution >= 4 is 18.4 Å². The zero-order valence-electron chi connectivity index (χ0n) is 9.35. The van der Waals surface area contributed by atoms with Crippen molar-refractivity contribution in [1.29, 1.82) is 0 Å². The molecule has 4 nitrogen and oxygen atoms in total. The molecule has 0 aliphatic heterocycles. The van der Waals surface area contributed by atoms with E-state index in [1.165, 1.54) is 19.2 Å². The molecule has 0 radical (unpaired) electrons. The molecule has 0 spiro atoms. The van der Waals surface area contributed by atoms with E-state index in [9.17, 15) is 9.18 Å². The minimum Gasteiger partial charge on any atom is -0.505 e. The van der Waals surface area contributed by atoms with E-state index in [0.717, 1.165) is 0 Å². The largest absolute Gasteiger partial charge is 0.505 e. The van der Waals surface area contributed by atoms with Crippen LogP contribution < -0.4 is 5.73 Å². The first kappa shape index (κ1) is 15.7. The van der Waals surface area contributed by atoms with E-state index in [4.69, 9.17) is 10.8 Å². The number of hydrogen-bond acceptors (Lipinski definition) is 4. The zero-order valence-corrected chi connectivity index (χ0v) is 10.2. The SMILES string of the molecule is COC(=O)C(CN)Cc1ccc(O)c(F)c1.Cl. The fourth-order valence-electron chi connectivity index (χ4n) is 1.39. The molecule has 0 aromatic heterocycles. The molecule has 1 atom stereocenters. The lowest BCUT2D eigenvalue weighted by Gasteiger charge is -2.12. The van der Waals surface area contributed by atoms with Gasteiger partial charge >= 0.3 is 5.97 Å². The topological polar surface area (TPSA) is 72.5 Å². The standard InChI is InChI=1S/C11H14FNO3.ClH/c1-16-11(15)8(6-13)4-7-2-3-10(14)9(12)5-7;/h2-3,5,8,14H,4,6,13H2,1H3;1H. The molecule has 0 amide bonds. The summed E-state index contributed by atoms with van der Waals surface area (Å²) >= 11 is 0. The number of methoxy groups -OCH3 is 1. The third kappa shape index (κ3) is 4.20. The number of aromatic hydroxyl groups is 1. The number of phenolic OH excluding ortho intramolecular Hbond substituents is 1. The third-order valence-corrected chi connectivity index (χ3v) is 2.31. The molecule has 17 heavy (non-hydrogen) atoms. The highest BCUT2D eigenvalue weighted by Gasteiger charge is 2.18. The van der Waals surface area contributed by atoms with Crippen molar-refractivity contribution in [2.75, 3.05) is 13.7 Å². The Morgan fingerprint density at radius 3 is 2.71 bits per heavy atom. The van der Waals surface area contributed by atoms with Gasteiger partial charge in [0.05, 0.1) is 13.0 Å². The number of nitrogens with two attached hydrogens (primary N) is 1. The highest BCUT2D eigenvalue weighted by Crippen LogP contribution is 2.18. The Bertz CT molecular complexity index is 387. The number of hydrogen-bond donors (Lipinski definition) is 2. The quantitative estimate of drug-likeness (QED) is 0.802. The van der Waals surface area contributed by atoms with Crippen molar-refractivity contribution in [3.05, 3.63) is 29.6 Å². The van der Waals surface area contributed by atoms with Gasteiger partial charge < -0.3 is 15.6 Å². The number of benzene rings is 1. The van der Waals surface area contributed by atoms with Crippen molar-refractivity contribution < 1.29 is 19.0 Å². The summed E-state index contributed by atoms with van der Waals surface area (Å²) < 4.78 is 17.6. The average molecular weight is 264 g/mol. The van der Waals surface area contributed by atoms with Crippen LogP contribution in [-0.2, 0) is 16.0 Å². The van der Waals surface area contributed by atoms with Crippen molar-refractivity contribution in [2.45, 2.75) is 6.42 Å². The lowest BCUT2D eigenvalue weighted by molar-refractivity contribution is -0.145. The Labute approximate surface area is 105 Å². The summed E-state index contributed by atoms with van der Waals surface area (Å²) in [6.45, 7) is 0.134. The number of carbonyl (C=O) groups excluding carboxylic acids is 1. The predicted molar refractivity (Wildman–Crippen MR) is 63.6 cm³/mol. The van der Waals surface area contributed by atoms with E-state index in [2.05, 4.69) is 4.74 Å². The molecule has 3 N–H and O–H groups in total. The molecule has 0 aliphatic carbocycles. The van der Waals surface area contributed by atoms with Gasteiger partial charge in [-0.25, -0.2) is 4.39 Å². The lowest BCUT2D eigenvalue weighted by atomic mass is 9.99. The fourth-order valence-corrected chi connectivity index (χ4v) is 1.39. The molecule has 1 aromatic rings. The second-order valence-electron chi connectivity index (χ2n) is 3.45. The summed E-state index contributed by atoms with van der Waals surface area (Å²) in [5.41, 5.74) is 6.01. The van der Waals surface area contributed by atoms with Crippen LogP contribution in [0.3, 0.4) is 0 Å². The molecule has 0 fully saturated rings. The summed E-state index contributed by atoms with van der Waals surface area (Å²) in [6.07, 6.45) is 0.292. The first-order valence-corrected chi connectivity index (χ1v) is 4.83. The summed E-state index contributed by atoms with van der Waals surface area (Å²) in [7, 11) is 1.28. The monoisotopic (exact) mass is 263 g/mol. The van der Waals surface area contributed by atoms with Gasteiger partial charge in [-0.15, -0.1) is 12.4 Å². The molecular weight excluding hydrogens is 249 g/mol. The molecule has 0 bridgehead atoms. The highest BCUT2D eigenvalue weighted by molar-refractivity contribution is 5.85. The number of ether oxygens (including phenoxy) is 1. The molecule has 1 rings (SSSR count). The van der Waals surface area contributed by atoms with Gasteiger partial charge in [-0.3, -0.25) is 4.79 Å². The van der Waals surface area contributed by atoms with Crippen LogP contribution in [-0.4, -0.2) is 24.7 Å². The zero-order chi connectivity index (χ0) is 12.1. The van der Waals surface area contributed by atoms with E-state index < -0.39 is 23.5 Å². The van der Waals surface area contributed by atoms with Gasteiger partial charge in [-0.1, -0.05) is 6.07 Å². The molecule has 1 unspecified atom stereocenters. The van der Waals surface area contributed by atoms with E-state index in [-0.39, 0.29) is 19.0 Å². The van der Waals surface area contributed by atoms with Crippen LogP contribution in [0.2, 0.25) is 0 Å². The molecule has 0 aliphatic rings. The van der Waals surface area contributed by atoms with Crippen LogP contribution >= 0.6 is 12.4 Å². The van der Waals surface area contributed by atoms with Gasteiger partial charge in [0.25, 0.3) is 0 Å². The normalized spacial score (nSPS) is 11.5. The molecule has 1 aromatic carbocycles. The maximum atomic E-state index is 13.0. The molecule has 0 saturated carbocycles. The Morgan fingerprint density at radius 2 is 2.24 bits per heavy atom. The predicted octanol–water partition coefficient (Wildman–Crippen LogP) is 1.24. The second-order valence-corrected chi connectivity index (χ2v) is 3.45. The van der Waals surface area contributed by atoms with Gasteiger partial charge in [0.2, 0.25) is 0 Å². The maximum absolute atomic E-state index is 13.0. The number of halogens is 2. The van der Waals surface area contributed by atoms with Crippen LogP contribution in [0, 0.1) is 11.7 Å². The van der Waals surface area contributed by atoms with E-state index >= 15 is 0 Å². The first-order valence-electron chi connectivity index (χ1n) is 4.83. The van der Waals surface area contributed by atoms with Gasteiger partial charge in [0, 0.05) is 6.54 Å². The van der Waals surface area contributed by atoms with E-state index in [1.54, 1.807) is 6.07 Å². The molecule has 6 heteroatoms. The highest BCUT2D eigenvalue weighted by atomic mass is 35.5. The van der Waals surface area contributed by atoms with Gasteiger partial charge in [-0.05, 0) is 24.1 Å². The Balaban J connectivity index is 0.00000256. The summed E-state index contributed by atoms with van der Waals surface area (Å²) in [5.74, 6) is -2.03. The van der Waals surface area contributed by atoms with Crippen molar-refractivity contribution in [3.63, 3.8) is 0 Å². The van der Waals surface area contributed by atoms with Crippen molar-refractivity contribution in [3.8, 4) is 5.75 Å². The van der Waals surface area contributed by atoms with Gasteiger partial charge in [0.1, 0.15) is 0 Å². The first-order chi connectivity index (χ1) is 7.58. The fraction of sp³-hybridized carbons (Fsp3) is 0.364. The molecule has 0 saturated heterocycles. The van der Waals surface area contributed by atoms with Crippen molar-refractivity contribution in [2.24, 2.45) is 11.7 Å². The summed E-state index contributed by atoms with van der Waals surface area (Å²) in [5, 5.41) is 9.00. The Kier molecular flexibility index (Phi) is 6.53. The Hall–Kier alpha value is -1.33. The smallest absolute Gasteiger partial charge is 0.310 e. The number of phenols is 1. The van der Waals surface area contributed by atoms with Crippen LogP contribution in [0.15, 0.2) is 18.2 Å². The third-order valence-electron chi connectivity index (χ3n) is 2.31. The second kappa shape index (κ2) is 7.09. The minimum atomic E-state index is -0.710. The van der Waals surface area contributed by atoms with E-state index in [1.807, 2.05) is 0 Å². The number of carbonyl (C=O) groups is 1. The Morgan fingerprint density at radius 1 is 1.59 bits per heavy atom. The van der Waals surface area contributed by atoms with Crippen LogP contribution in [0.4, 0.5) is 4.39 Å². The van der Waals surface area contributed by atoms with Crippen molar-refractivity contribution in [1.82, 2.24) is 0 Å². The molecule has 96 valence electrons. The van der Waals surface area contributed by atoms with Crippen LogP contribution in [0.1, 0.15) is 5.56 Å². The summed E-state index contributed by atoms with van der Waals surface area (Å²) in [4.78, 5) is 11.3. The van der Waals surface area contributed by atoms with Crippen LogP contribution in [0.25, 0.3) is 0 Å². The molecular formula is C11H15ClFNO3. The number of rotatable bonds is 4. The van der Waals surface area contributed by atoms with Gasteiger partial charge in [-0.2, -0.15) is 0 Å². The van der Waals surface area contributed by atoms with Gasteiger partial charge in [0.15, 0.2) is 11.6 Å². The lowest BCUT2D eigenvalue weighted by Crippen LogP contribution is -2.26. The average Bonchev–Trinajstić information content (AvgIpc) is 2.29. The minimum absolute atomic E-state index is 0. The summed E-state index contributed by atoms with van der Waals surface area (Å²) in [6, 6.07) is 3.97.